The van der Waals surface area contributed by atoms with E-state index in [0.29, 0.717) is 0 Å². The highest BCUT2D eigenvalue weighted by Gasteiger charge is 2.46. The quantitative estimate of drug-likeness (QED) is 0.859. The van der Waals surface area contributed by atoms with Gasteiger partial charge < -0.3 is 10.6 Å². The molecule has 0 aromatic heterocycles. The zero-order valence-electron chi connectivity index (χ0n) is 12.6. The Labute approximate surface area is 125 Å². The van der Waals surface area contributed by atoms with Crippen molar-refractivity contribution in [2.75, 3.05) is 4.90 Å². The van der Waals surface area contributed by atoms with Gasteiger partial charge in [0.2, 0.25) is 5.91 Å². The van der Waals surface area contributed by atoms with Crippen LogP contribution in [-0.2, 0) is 4.79 Å². The van der Waals surface area contributed by atoms with Crippen LogP contribution < -0.4 is 10.6 Å². The van der Waals surface area contributed by atoms with Crippen molar-refractivity contribution in [1.82, 2.24) is 0 Å². The van der Waals surface area contributed by atoms with E-state index in [0.717, 1.165) is 11.3 Å². The van der Waals surface area contributed by atoms with Crippen LogP contribution in [-0.4, -0.2) is 11.9 Å². The second kappa shape index (κ2) is 5.01. The fourth-order valence-corrected chi connectivity index (χ4v) is 2.79. The van der Waals surface area contributed by atoms with Crippen LogP contribution in [0.3, 0.4) is 0 Å². The zero-order valence-corrected chi connectivity index (χ0v) is 12.6. The van der Waals surface area contributed by atoms with Crippen molar-refractivity contribution in [3.8, 4) is 0 Å². The predicted octanol–water partition coefficient (Wildman–Crippen LogP) is 3.03. The van der Waals surface area contributed by atoms with Gasteiger partial charge in [0.1, 0.15) is 6.04 Å². The van der Waals surface area contributed by atoms with Crippen LogP contribution in [0.25, 0.3) is 0 Å². The number of nitrogens with two attached hydrogens (primary N) is 1. The number of benzene rings is 2. The summed E-state index contributed by atoms with van der Waals surface area (Å²) in [5, 5.41) is 0. The summed E-state index contributed by atoms with van der Waals surface area (Å²) in [4.78, 5) is 14.0. The molecule has 1 fully saturated rings. The number of aryl methyl sites for hydroxylation is 3. The van der Waals surface area contributed by atoms with Gasteiger partial charge in [-0.05, 0) is 49.6 Å². The Kier molecular flexibility index (Phi) is 3.30. The Morgan fingerprint density at radius 1 is 0.952 bits per heavy atom. The summed E-state index contributed by atoms with van der Waals surface area (Å²) in [5.74, 6) is -0.0103. The number of β-lactam (4-membered cyclic amide) rings is 1. The molecular formula is C18H20N2O. The maximum atomic E-state index is 12.2. The number of carbonyl (C=O) groups excluding carboxylic acids is 1. The normalized spacial score (nSPS) is 21.3. The van der Waals surface area contributed by atoms with Crippen molar-refractivity contribution in [3.05, 3.63) is 64.7 Å². The topological polar surface area (TPSA) is 46.3 Å². The molecule has 0 spiro atoms. The summed E-state index contributed by atoms with van der Waals surface area (Å²) in [6, 6.07) is 13.8. The molecule has 1 aliphatic rings. The van der Waals surface area contributed by atoms with Crippen molar-refractivity contribution in [2.24, 2.45) is 5.73 Å². The first-order valence-corrected chi connectivity index (χ1v) is 7.21. The van der Waals surface area contributed by atoms with Gasteiger partial charge in [-0.25, -0.2) is 0 Å². The predicted molar refractivity (Wildman–Crippen MR) is 85.3 cm³/mol. The van der Waals surface area contributed by atoms with Gasteiger partial charge in [0.05, 0.1) is 6.04 Å². The van der Waals surface area contributed by atoms with E-state index in [9.17, 15) is 4.79 Å². The fraction of sp³-hybridized carbons (Fsp3) is 0.278. The van der Waals surface area contributed by atoms with Crippen LogP contribution in [0.5, 0.6) is 0 Å². The van der Waals surface area contributed by atoms with Crippen LogP contribution in [0.1, 0.15) is 28.3 Å². The molecule has 3 rings (SSSR count). The largest absolute Gasteiger partial charge is 0.318 e. The molecule has 0 aliphatic carbocycles. The molecule has 3 heteroatoms. The first kappa shape index (κ1) is 13.8. The lowest BCUT2D eigenvalue weighted by Gasteiger charge is -2.45. The third-order valence-corrected chi connectivity index (χ3v) is 4.33. The molecule has 3 nitrogen and oxygen atoms in total. The second-order valence-corrected chi connectivity index (χ2v) is 5.86. The van der Waals surface area contributed by atoms with Crippen LogP contribution in [0, 0.1) is 20.8 Å². The molecule has 1 heterocycles. The summed E-state index contributed by atoms with van der Waals surface area (Å²) in [7, 11) is 0. The molecule has 1 aliphatic heterocycles. The third kappa shape index (κ3) is 2.24. The van der Waals surface area contributed by atoms with Crippen molar-refractivity contribution >= 4 is 11.6 Å². The van der Waals surface area contributed by atoms with Gasteiger partial charge in [0, 0.05) is 5.69 Å². The minimum atomic E-state index is -0.450. The molecule has 2 atom stereocenters. The van der Waals surface area contributed by atoms with E-state index in [2.05, 4.69) is 51.1 Å². The first-order valence-electron chi connectivity index (χ1n) is 7.21. The van der Waals surface area contributed by atoms with Crippen LogP contribution in [0.2, 0.25) is 0 Å². The van der Waals surface area contributed by atoms with Crippen LogP contribution >= 0.6 is 0 Å². The SMILES string of the molecule is Cc1ccc([C@@H]2[C@@H](N)C(=O)N2c2ccc(C)c(C)c2)cc1. The molecule has 2 aromatic rings. The Morgan fingerprint density at radius 2 is 1.62 bits per heavy atom. The number of hydrogen-bond acceptors (Lipinski definition) is 2. The summed E-state index contributed by atoms with van der Waals surface area (Å²) < 4.78 is 0. The van der Waals surface area contributed by atoms with Crippen molar-refractivity contribution in [2.45, 2.75) is 32.9 Å². The summed E-state index contributed by atoms with van der Waals surface area (Å²) >= 11 is 0. The molecule has 108 valence electrons. The fourth-order valence-electron chi connectivity index (χ4n) is 2.79. The molecule has 2 aromatic carbocycles. The Bertz CT molecular complexity index is 691. The molecule has 0 saturated carbocycles. The Balaban J connectivity index is 1.98. The van der Waals surface area contributed by atoms with Gasteiger partial charge in [-0.2, -0.15) is 0 Å². The van der Waals surface area contributed by atoms with Crippen molar-refractivity contribution in [3.63, 3.8) is 0 Å². The van der Waals surface area contributed by atoms with E-state index in [1.54, 1.807) is 0 Å². The van der Waals surface area contributed by atoms with E-state index in [-0.39, 0.29) is 11.9 Å². The van der Waals surface area contributed by atoms with Gasteiger partial charge in [-0.1, -0.05) is 35.9 Å². The minimum absolute atomic E-state index is 0.0103. The third-order valence-electron chi connectivity index (χ3n) is 4.33. The van der Waals surface area contributed by atoms with Crippen LogP contribution in [0.4, 0.5) is 5.69 Å². The Hall–Kier alpha value is -2.13. The van der Waals surface area contributed by atoms with E-state index in [1.165, 1.54) is 16.7 Å². The maximum Gasteiger partial charge on any atom is 0.247 e. The minimum Gasteiger partial charge on any atom is -0.318 e. The van der Waals surface area contributed by atoms with E-state index in [1.807, 2.05) is 17.0 Å². The van der Waals surface area contributed by atoms with Gasteiger partial charge in [0.15, 0.2) is 0 Å². The average molecular weight is 280 g/mol. The van der Waals surface area contributed by atoms with Crippen molar-refractivity contribution in [1.29, 1.82) is 0 Å². The number of carbonyl (C=O) groups is 1. The van der Waals surface area contributed by atoms with Crippen molar-refractivity contribution < 1.29 is 4.79 Å². The summed E-state index contributed by atoms with van der Waals surface area (Å²) in [6.45, 7) is 6.18. The van der Waals surface area contributed by atoms with E-state index >= 15 is 0 Å². The number of hydrogen-bond donors (Lipinski definition) is 1. The zero-order chi connectivity index (χ0) is 15.1. The van der Waals surface area contributed by atoms with Gasteiger partial charge in [-0.3, -0.25) is 4.79 Å². The molecule has 1 amide bonds. The number of amides is 1. The smallest absolute Gasteiger partial charge is 0.247 e. The molecule has 0 radical (unpaired) electrons. The number of nitrogens with zero attached hydrogens (tertiary/aromatic N) is 1. The lowest BCUT2D eigenvalue weighted by Crippen LogP contribution is -2.63. The monoisotopic (exact) mass is 280 g/mol. The lowest BCUT2D eigenvalue weighted by molar-refractivity contribution is -0.126. The lowest BCUT2D eigenvalue weighted by atomic mass is 9.87. The van der Waals surface area contributed by atoms with E-state index in [4.69, 9.17) is 5.73 Å². The highest BCUT2D eigenvalue weighted by molar-refractivity contribution is 6.05. The van der Waals surface area contributed by atoms with Gasteiger partial charge in [0.25, 0.3) is 0 Å². The summed E-state index contributed by atoms with van der Waals surface area (Å²) in [6.07, 6.45) is 0. The van der Waals surface area contributed by atoms with Crippen LogP contribution in [0.15, 0.2) is 42.5 Å². The number of anilines is 1. The molecule has 1 saturated heterocycles. The summed E-state index contributed by atoms with van der Waals surface area (Å²) in [5.41, 5.74) is 11.7. The highest BCUT2D eigenvalue weighted by atomic mass is 16.2. The molecule has 2 N–H and O–H groups in total. The molecular weight excluding hydrogens is 260 g/mol. The van der Waals surface area contributed by atoms with Gasteiger partial charge >= 0.3 is 0 Å². The van der Waals surface area contributed by atoms with E-state index < -0.39 is 6.04 Å². The highest BCUT2D eigenvalue weighted by Crippen LogP contribution is 2.38. The number of rotatable bonds is 2. The molecule has 0 unspecified atom stereocenters. The first-order chi connectivity index (χ1) is 9.99. The molecule has 0 bridgehead atoms. The van der Waals surface area contributed by atoms with Gasteiger partial charge in [-0.15, -0.1) is 0 Å². The molecule has 21 heavy (non-hydrogen) atoms. The Morgan fingerprint density at radius 3 is 2.24 bits per heavy atom. The standard InChI is InChI=1S/C18H20N2O/c1-11-4-7-14(8-5-11)17-16(19)18(21)20(17)15-9-6-12(2)13(3)10-15/h4-10,16-17H,19H2,1-3H3/t16-,17-/m1/s1. The second-order valence-electron chi connectivity index (χ2n) is 5.86. The average Bonchev–Trinajstić information content (AvgIpc) is 2.48. The maximum absolute atomic E-state index is 12.2.